The summed E-state index contributed by atoms with van der Waals surface area (Å²) < 4.78 is 1.49. The predicted molar refractivity (Wildman–Crippen MR) is 107 cm³/mol. The van der Waals surface area contributed by atoms with Crippen molar-refractivity contribution in [1.82, 2.24) is 19.7 Å². The third-order valence-corrected chi connectivity index (χ3v) is 5.45. The van der Waals surface area contributed by atoms with Crippen LogP contribution in [0.4, 0.5) is 0 Å². The molecule has 0 aliphatic heterocycles. The summed E-state index contributed by atoms with van der Waals surface area (Å²) in [6.45, 7) is 7.67. The molecule has 2 aromatic heterocycles. The minimum Gasteiger partial charge on any atom is -0.377 e. The van der Waals surface area contributed by atoms with Gasteiger partial charge in [-0.15, -0.1) is 0 Å². The zero-order chi connectivity index (χ0) is 20.7. The molecule has 0 radical (unpaired) electrons. The van der Waals surface area contributed by atoms with Gasteiger partial charge in [-0.25, -0.2) is 9.97 Å². The van der Waals surface area contributed by atoms with Gasteiger partial charge in [-0.1, -0.05) is 18.7 Å². The molecule has 29 heavy (non-hydrogen) atoms. The molecule has 2 heterocycles. The molecule has 0 amide bonds. The number of rotatable bonds is 5. The van der Waals surface area contributed by atoms with Crippen LogP contribution in [-0.4, -0.2) is 25.9 Å². The van der Waals surface area contributed by atoms with E-state index in [9.17, 15) is 9.59 Å². The molecule has 7 nitrogen and oxygen atoms in total. The van der Waals surface area contributed by atoms with Crippen molar-refractivity contribution in [3.8, 4) is 6.07 Å². The number of benzene rings is 1. The number of nitrogens with zero attached hydrogens (tertiary/aromatic N) is 4. The number of imidazole rings is 1. The van der Waals surface area contributed by atoms with Gasteiger partial charge in [-0.05, 0) is 49.4 Å². The minimum absolute atomic E-state index is 0.0373. The summed E-state index contributed by atoms with van der Waals surface area (Å²) in [6, 6.07) is 7.10. The number of fused-ring (bicyclic) bond motifs is 2. The highest BCUT2D eigenvalue weighted by Crippen LogP contribution is 2.36. The molecular formula is C22H19N5O2. The molecule has 7 heteroatoms. The minimum atomic E-state index is -0.664. The Kier molecular flexibility index (Phi) is 4.47. The molecule has 1 N–H and O–H groups in total. The average Bonchev–Trinajstić information content (AvgIpc) is 3.34. The summed E-state index contributed by atoms with van der Waals surface area (Å²) in [5, 5.41) is 12.4. The van der Waals surface area contributed by atoms with Gasteiger partial charge in [0.15, 0.2) is 11.4 Å². The van der Waals surface area contributed by atoms with Crippen LogP contribution in [0.1, 0.15) is 62.6 Å². The summed E-state index contributed by atoms with van der Waals surface area (Å²) in [5.74, 6) is -0.595. The monoisotopic (exact) mass is 385 g/mol. The topological polar surface area (TPSA) is 100 Å². The van der Waals surface area contributed by atoms with Crippen molar-refractivity contribution in [1.29, 1.82) is 5.26 Å². The average molecular weight is 385 g/mol. The van der Waals surface area contributed by atoms with Gasteiger partial charge in [0.25, 0.3) is 5.78 Å². The number of nitriles is 1. The van der Waals surface area contributed by atoms with Gasteiger partial charge in [-0.3, -0.25) is 14.0 Å². The highest BCUT2D eigenvalue weighted by Gasteiger charge is 2.26. The van der Waals surface area contributed by atoms with E-state index in [-0.39, 0.29) is 17.5 Å². The van der Waals surface area contributed by atoms with Crippen LogP contribution in [0.15, 0.2) is 37.3 Å². The van der Waals surface area contributed by atoms with Crippen LogP contribution in [0, 0.1) is 18.3 Å². The second-order valence-electron chi connectivity index (χ2n) is 7.17. The van der Waals surface area contributed by atoms with Gasteiger partial charge in [0.1, 0.15) is 18.1 Å². The lowest BCUT2D eigenvalue weighted by Crippen LogP contribution is -2.19. The van der Waals surface area contributed by atoms with Gasteiger partial charge in [-0.2, -0.15) is 5.26 Å². The van der Waals surface area contributed by atoms with E-state index >= 15 is 0 Å². The summed E-state index contributed by atoms with van der Waals surface area (Å²) >= 11 is 0. The Bertz CT molecular complexity index is 1230. The quantitative estimate of drug-likeness (QED) is 0.535. The molecule has 1 aliphatic rings. The molecule has 0 saturated carbocycles. The fraction of sp³-hybridized carbons (Fsp3) is 0.227. The van der Waals surface area contributed by atoms with Crippen LogP contribution in [-0.2, 0) is 6.42 Å². The Hall–Kier alpha value is -3.79. The van der Waals surface area contributed by atoms with Crippen LogP contribution in [0.3, 0.4) is 0 Å². The van der Waals surface area contributed by atoms with E-state index < -0.39 is 5.78 Å². The zero-order valence-corrected chi connectivity index (χ0v) is 16.2. The zero-order valence-electron chi connectivity index (χ0n) is 16.2. The Morgan fingerprint density at radius 2 is 2.17 bits per heavy atom. The van der Waals surface area contributed by atoms with Crippen LogP contribution >= 0.6 is 0 Å². The number of aromatic nitrogens is 3. The maximum absolute atomic E-state index is 12.0. The first-order valence-electron chi connectivity index (χ1n) is 9.27. The van der Waals surface area contributed by atoms with E-state index in [1.807, 2.05) is 19.1 Å². The van der Waals surface area contributed by atoms with E-state index in [0.717, 1.165) is 29.5 Å². The van der Waals surface area contributed by atoms with Gasteiger partial charge in [0.05, 0.1) is 23.6 Å². The van der Waals surface area contributed by atoms with E-state index in [0.29, 0.717) is 17.0 Å². The van der Waals surface area contributed by atoms with Crippen molar-refractivity contribution < 1.29 is 9.59 Å². The number of hydrogen-bond donors (Lipinski definition) is 1. The van der Waals surface area contributed by atoms with Gasteiger partial charge in [0, 0.05) is 5.56 Å². The van der Waals surface area contributed by atoms with Crippen molar-refractivity contribution >= 4 is 22.9 Å². The van der Waals surface area contributed by atoms with Crippen LogP contribution in [0.2, 0.25) is 0 Å². The Labute approximate surface area is 167 Å². The first-order chi connectivity index (χ1) is 13.9. The van der Waals surface area contributed by atoms with E-state index in [1.54, 1.807) is 19.1 Å². The molecule has 3 aromatic rings. The van der Waals surface area contributed by atoms with E-state index in [2.05, 4.69) is 21.9 Å². The third kappa shape index (κ3) is 3.09. The number of carbonyl (C=O) groups excluding carboxylic acids is 2. The lowest BCUT2D eigenvalue weighted by molar-refractivity contribution is 0.101. The number of carbonyl (C=O) groups is 2. The normalized spacial score (nSPS) is 15.0. The number of Topliss-reactive ketones (excluding diaryl/α,β-unsaturated/α-hetero) is 2. The standard InChI is InChI=1S/C22H19N5O2/c1-12-15(14(3)28)4-5-17-16(12)6-7-18(17)25-13(2)19-8-20(21(29)9-23)27-11-24-10-22(27)26-19/h4-5,8,10-11,18,25H,2,6-7H2,1,3H3/t18-/m0/s1. The first kappa shape index (κ1) is 18.6. The molecule has 1 aliphatic carbocycles. The van der Waals surface area contributed by atoms with Crippen molar-refractivity contribution in [2.75, 3.05) is 0 Å². The fourth-order valence-electron chi connectivity index (χ4n) is 3.99. The molecular weight excluding hydrogens is 366 g/mol. The van der Waals surface area contributed by atoms with Crippen LogP contribution < -0.4 is 5.32 Å². The van der Waals surface area contributed by atoms with Crippen molar-refractivity contribution in [3.05, 3.63) is 70.9 Å². The number of nitrogens with one attached hydrogen (secondary N) is 1. The summed E-state index contributed by atoms with van der Waals surface area (Å²) in [5.41, 5.74) is 5.85. The Morgan fingerprint density at radius 3 is 2.90 bits per heavy atom. The highest BCUT2D eigenvalue weighted by atomic mass is 16.1. The first-order valence-corrected chi connectivity index (χ1v) is 9.27. The molecule has 144 valence electrons. The second kappa shape index (κ2) is 6.99. The summed E-state index contributed by atoms with van der Waals surface area (Å²) in [4.78, 5) is 32.3. The number of hydrogen-bond acceptors (Lipinski definition) is 6. The summed E-state index contributed by atoms with van der Waals surface area (Å²) in [6.07, 6.45) is 4.73. The Balaban J connectivity index is 1.66. The predicted octanol–water partition coefficient (Wildman–Crippen LogP) is 3.19. The maximum atomic E-state index is 12.0. The van der Waals surface area contributed by atoms with Gasteiger partial charge >= 0.3 is 0 Å². The Morgan fingerprint density at radius 1 is 1.38 bits per heavy atom. The van der Waals surface area contributed by atoms with Crippen molar-refractivity contribution in [2.45, 2.75) is 32.7 Å². The summed E-state index contributed by atoms with van der Waals surface area (Å²) in [7, 11) is 0. The molecule has 1 atom stereocenters. The third-order valence-electron chi connectivity index (χ3n) is 5.45. The van der Waals surface area contributed by atoms with Crippen LogP contribution in [0.5, 0.6) is 0 Å². The molecule has 0 bridgehead atoms. The largest absolute Gasteiger partial charge is 0.377 e. The molecule has 0 fully saturated rings. The highest BCUT2D eigenvalue weighted by molar-refractivity contribution is 6.07. The maximum Gasteiger partial charge on any atom is 0.279 e. The molecule has 4 rings (SSSR count). The van der Waals surface area contributed by atoms with Crippen molar-refractivity contribution in [2.24, 2.45) is 0 Å². The van der Waals surface area contributed by atoms with Crippen LogP contribution in [0.25, 0.3) is 11.3 Å². The van der Waals surface area contributed by atoms with E-state index in [4.69, 9.17) is 5.26 Å². The second-order valence-corrected chi connectivity index (χ2v) is 7.17. The van der Waals surface area contributed by atoms with Crippen molar-refractivity contribution in [3.63, 3.8) is 0 Å². The SMILES string of the molecule is C=C(N[C@H]1CCc2c1ccc(C(C)=O)c2C)c1cc(C(=O)C#N)n2cncc2n1. The van der Waals surface area contributed by atoms with Gasteiger partial charge < -0.3 is 5.32 Å². The lowest BCUT2D eigenvalue weighted by atomic mass is 9.96. The van der Waals surface area contributed by atoms with E-state index in [1.165, 1.54) is 22.5 Å². The molecule has 0 spiro atoms. The van der Waals surface area contributed by atoms with Gasteiger partial charge in [0.2, 0.25) is 0 Å². The molecule has 1 aromatic carbocycles. The number of ketones is 2. The molecule has 0 saturated heterocycles. The molecule has 0 unspecified atom stereocenters. The smallest absolute Gasteiger partial charge is 0.279 e. The fourth-order valence-corrected chi connectivity index (χ4v) is 3.99. The lowest BCUT2D eigenvalue weighted by Gasteiger charge is -2.18.